The molecule has 1 aliphatic carbocycles. The first-order valence-electron chi connectivity index (χ1n) is 8.75. The van der Waals surface area contributed by atoms with Gasteiger partial charge in [-0.15, -0.1) is 0 Å². The molecule has 1 fully saturated rings. The summed E-state index contributed by atoms with van der Waals surface area (Å²) in [5.74, 6) is 0.442. The summed E-state index contributed by atoms with van der Waals surface area (Å²) in [6.45, 7) is 4.35. The monoisotopic (exact) mass is 313 g/mol. The van der Waals surface area contributed by atoms with Gasteiger partial charge in [-0.25, -0.2) is 0 Å². The molecule has 1 saturated carbocycles. The number of carbonyl (C=O) groups is 1. The van der Waals surface area contributed by atoms with Crippen LogP contribution in [-0.4, -0.2) is 16.4 Å². The van der Waals surface area contributed by atoms with E-state index in [-0.39, 0.29) is 23.8 Å². The fourth-order valence-corrected chi connectivity index (χ4v) is 3.84. The number of carbonyl (C=O) groups excluding carboxylic acids is 1. The lowest BCUT2D eigenvalue weighted by molar-refractivity contribution is -0.119. The minimum absolute atomic E-state index is 0.0283. The number of fused-ring (bicyclic) bond motifs is 1. The molecule has 0 spiro atoms. The second-order valence-corrected chi connectivity index (χ2v) is 7.63. The molecule has 0 radical (unpaired) electrons. The average molecular weight is 313 g/mol. The van der Waals surface area contributed by atoms with Crippen LogP contribution in [0.3, 0.4) is 0 Å². The van der Waals surface area contributed by atoms with Crippen LogP contribution in [0.1, 0.15) is 62.6 Å². The third-order valence-electron chi connectivity index (χ3n) is 5.05. The SMILES string of the molecule is CC1(C)Cc2ccc(CO)cc2C(=CC(=O)C2CCCCC2)N1. The van der Waals surface area contributed by atoms with Gasteiger partial charge in [0.05, 0.1) is 6.61 Å². The maximum absolute atomic E-state index is 12.7. The number of aliphatic hydroxyl groups is 1. The molecule has 0 aromatic heterocycles. The van der Waals surface area contributed by atoms with Crippen LogP contribution in [-0.2, 0) is 17.8 Å². The highest BCUT2D eigenvalue weighted by molar-refractivity contribution is 5.98. The normalized spacial score (nSPS) is 22.5. The average Bonchev–Trinajstić information content (AvgIpc) is 2.54. The number of hydrogen-bond donors (Lipinski definition) is 2. The number of benzene rings is 1. The fraction of sp³-hybridized carbons (Fsp3) is 0.550. The molecule has 23 heavy (non-hydrogen) atoms. The molecule has 3 rings (SSSR count). The molecule has 2 aliphatic rings. The molecular formula is C20H27NO2. The quantitative estimate of drug-likeness (QED) is 0.838. The topological polar surface area (TPSA) is 49.3 Å². The van der Waals surface area contributed by atoms with Gasteiger partial charge in [0.2, 0.25) is 0 Å². The van der Waals surface area contributed by atoms with Crippen molar-refractivity contribution in [1.29, 1.82) is 0 Å². The lowest BCUT2D eigenvalue weighted by Crippen LogP contribution is -2.44. The Labute approximate surface area is 138 Å². The molecule has 1 aliphatic heterocycles. The van der Waals surface area contributed by atoms with Crippen molar-refractivity contribution in [3.63, 3.8) is 0 Å². The van der Waals surface area contributed by atoms with Crippen LogP contribution >= 0.6 is 0 Å². The molecular weight excluding hydrogens is 286 g/mol. The van der Waals surface area contributed by atoms with Gasteiger partial charge in [-0.3, -0.25) is 4.79 Å². The zero-order chi connectivity index (χ0) is 16.4. The van der Waals surface area contributed by atoms with Gasteiger partial charge in [-0.05, 0) is 50.3 Å². The Kier molecular flexibility index (Phi) is 4.58. The molecule has 1 heterocycles. The molecule has 0 bridgehead atoms. The van der Waals surface area contributed by atoms with E-state index in [0.29, 0.717) is 0 Å². The Morgan fingerprint density at radius 3 is 2.74 bits per heavy atom. The number of ketones is 1. The van der Waals surface area contributed by atoms with Crippen molar-refractivity contribution in [3.05, 3.63) is 41.0 Å². The fourth-order valence-electron chi connectivity index (χ4n) is 3.84. The zero-order valence-corrected chi connectivity index (χ0v) is 14.2. The van der Waals surface area contributed by atoms with Crippen molar-refractivity contribution in [2.75, 3.05) is 0 Å². The molecule has 0 atom stereocenters. The summed E-state index contributed by atoms with van der Waals surface area (Å²) in [4.78, 5) is 12.7. The summed E-state index contributed by atoms with van der Waals surface area (Å²) in [6.07, 6.45) is 8.38. The van der Waals surface area contributed by atoms with Crippen LogP contribution in [0.15, 0.2) is 24.3 Å². The maximum atomic E-state index is 12.7. The summed E-state index contributed by atoms with van der Waals surface area (Å²) in [5, 5.41) is 12.9. The Bertz CT molecular complexity index is 625. The smallest absolute Gasteiger partial charge is 0.160 e. The van der Waals surface area contributed by atoms with E-state index >= 15 is 0 Å². The van der Waals surface area contributed by atoms with E-state index < -0.39 is 0 Å². The second-order valence-electron chi connectivity index (χ2n) is 7.63. The molecule has 0 unspecified atom stereocenters. The van der Waals surface area contributed by atoms with E-state index in [0.717, 1.165) is 36.1 Å². The summed E-state index contributed by atoms with van der Waals surface area (Å²) < 4.78 is 0. The van der Waals surface area contributed by atoms with Crippen molar-refractivity contribution in [2.24, 2.45) is 5.92 Å². The van der Waals surface area contributed by atoms with Crippen LogP contribution in [0.4, 0.5) is 0 Å². The summed E-state index contributed by atoms with van der Waals surface area (Å²) >= 11 is 0. The van der Waals surface area contributed by atoms with Crippen LogP contribution in [0.5, 0.6) is 0 Å². The van der Waals surface area contributed by atoms with E-state index in [1.54, 1.807) is 0 Å². The second kappa shape index (κ2) is 6.48. The van der Waals surface area contributed by atoms with Crippen LogP contribution < -0.4 is 5.32 Å². The Morgan fingerprint density at radius 1 is 1.30 bits per heavy atom. The molecule has 3 heteroatoms. The summed E-state index contributed by atoms with van der Waals surface area (Å²) in [5.41, 5.74) is 4.06. The molecule has 0 amide bonds. The lowest BCUT2D eigenvalue weighted by atomic mass is 9.82. The van der Waals surface area contributed by atoms with Gasteiger partial charge >= 0.3 is 0 Å². The molecule has 3 nitrogen and oxygen atoms in total. The highest BCUT2D eigenvalue weighted by atomic mass is 16.3. The number of hydrogen-bond acceptors (Lipinski definition) is 3. The maximum Gasteiger partial charge on any atom is 0.160 e. The van der Waals surface area contributed by atoms with E-state index in [1.807, 2.05) is 18.2 Å². The molecule has 1 aromatic rings. The third-order valence-corrected chi connectivity index (χ3v) is 5.05. The Balaban J connectivity index is 1.94. The first-order valence-corrected chi connectivity index (χ1v) is 8.75. The molecule has 2 N–H and O–H groups in total. The van der Waals surface area contributed by atoms with Crippen LogP contribution in [0.25, 0.3) is 5.70 Å². The van der Waals surface area contributed by atoms with Crippen molar-refractivity contribution in [2.45, 2.75) is 64.5 Å². The first kappa shape index (κ1) is 16.3. The van der Waals surface area contributed by atoms with Gasteiger partial charge in [0.25, 0.3) is 0 Å². The molecule has 0 saturated heterocycles. The highest BCUT2D eigenvalue weighted by Crippen LogP contribution is 2.32. The zero-order valence-electron chi connectivity index (χ0n) is 14.2. The predicted octanol–water partition coefficient (Wildman–Crippen LogP) is 3.59. The van der Waals surface area contributed by atoms with Gasteiger partial charge in [0.15, 0.2) is 5.78 Å². The van der Waals surface area contributed by atoms with Gasteiger partial charge < -0.3 is 10.4 Å². The standard InChI is InChI=1S/C20H27NO2/c1-20(2)12-16-9-8-14(13-22)10-17(16)18(21-20)11-19(23)15-6-4-3-5-7-15/h8-11,15,21-22H,3-7,12-13H2,1-2H3. The summed E-state index contributed by atoms with van der Waals surface area (Å²) in [6, 6.07) is 6.07. The Hall–Kier alpha value is -1.61. The number of aliphatic hydroxyl groups excluding tert-OH is 1. The van der Waals surface area contributed by atoms with Gasteiger partial charge in [-0.1, -0.05) is 31.4 Å². The molecule has 124 valence electrons. The van der Waals surface area contributed by atoms with Crippen molar-refractivity contribution >= 4 is 11.5 Å². The van der Waals surface area contributed by atoms with E-state index in [2.05, 4.69) is 25.2 Å². The van der Waals surface area contributed by atoms with Gasteiger partial charge in [0.1, 0.15) is 0 Å². The first-order chi connectivity index (χ1) is 11.0. The van der Waals surface area contributed by atoms with Crippen molar-refractivity contribution < 1.29 is 9.90 Å². The van der Waals surface area contributed by atoms with Gasteiger partial charge in [0, 0.05) is 28.8 Å². The van der Waals surface area contributed by atoms with E-state index in [9.17, 15) is 9.90 Å². The number of rotatable bonds is 3. The minimum Gasteiger partial charge on any atom is -0.392 e. The Morgan fingerprint density at radius 2 is 2.04 bits per heavy atom. The number of nitrogens with one attached hydrogen (secondary N) is 1. The van der Waals surface area contributed by atoms with Crippen LogP contribution in [0.2, 0.25) is 0 Å². The van der Waals surface area contributed by atoms with Crippen molar-refractivity contribution in [1.82, 2.24) is 5.32 Å². The van der Waals surface area contributed by atoms with Gasteiger partial charge in [-0.2, -0.15) is 0 Å². The largest absolute Gasteiger partial charge is 0.392 e. The summed E-state index contributed by atoms with van der Waals surface area (Å²) in [7, 11) is 0. The lowest BCUT2D eigenvalue weighted by Gasteiger charge is -2.36. The minimum atomic E-state index is -0.0631. The third kappa shape index (κ3) is 3.66. The van der Waals surface area contributed by atoms with E-state index in [4.69, 9.17) is 0 Å². The van der Waals surface area contributed by atoms with Crippen molar-refractivity contribution in [3.8, 4) is 0 Å². The number of allylic oxidation sites excluding steroid dienone is 1. The predicted molar refractivity (Wildman–Crippen MR) is 92.8 cm³/mol. The van der Waals surface area contributed by atoms with Crippen LogP contribution in [0, 0.1) is 5.92 Å². The molecule has 1 aromatic carbocycles. The highest BCUT2D eigenvalue weighted by Gasteiger charge is 2.29. The van der Waals surface area contributed by atoms with E-state index in [1.165, 1.54) is 24.8 Å².